The maximum absolute atomic E-state index is 11.7. The molecule has 4 heteroatoms. The minimum atomic E-state index is 0.135. The first-order valence-electron chi connectivity index (χ1n) is 7.37. The number of para-hydroxylation sites is 1. The van der Waals surface area contributed by atoms with Crippen LogP contribution in [0, 0.1) is 5.92 Å². The van der Waals surface area contributed by atoms with Gasteiger partial charge in [0.25, 0.3) is 0 Å². The largest absolute Gasteiger partial charge is 0.494 e. The third kappa shape index (κ3) is 5.21. The van der Waals surface area contributed by atoms with E-state index in [4.69, 9.17) is 4.74 Å². The minimum absolute atomic E-state index is 0.135. The molecule has 1 atom stereocenters. The van der Waals surface area contributed by atoms with Crippen LogP contribution in [0.1, 0.15) is 19.3 Å². The van der Waals surface area contributed by atoms with Crippen LogP contribution in [-0.4, -0.2) is 44.1 Å². The van der Waals surface area contributed by atoms with Gasteiger partial charge in [0.2, 0.25) is 5.91 Å². The fourth-order valence-corrected chi connectivity index (χ4v) is 2.48. The standard InChI is InChI=1S/C16H24N2O2/c1-18-10-9-14(13-18)12-17-16(19)8-5-11-20-15-6-3-2-4-7-15/h2-4,6-7,14H,5,8-13H2,1H3,(H,17,19). The highest BCUT2D eigenvalue weighted by atomic mass is 16.5. The van der Waals surface area contributed by atoms with Crippen LogP contribution in [0.5, 0.6) is 5.75 Å². The first-order valence-corrected chi connectivity index (χ1v) is 7.37. The zero-order chi connectivity index (χ0) is 14.2. The van der Waals surface area contributed by atoms with Gasteiger partial charge in [0.05, 0.1) is 6.61 Å². The molecular formula is C16H24N2O2. The van der Waals surface area contributed by atoms with E-state index in [0.717, 1.165) is 31.8 Å². The third-order valence-electron chi connectivity index (χ3n) is 3.64. The second-order valence-electron chi connectivity index (χ2n) is 5.49. The lowest BCUT2D eigenvalue weighted by Gasteiger charge is -2.11. The Morgan fingerprint density at radius 3 is 2.90 bits per heavy atom. The predicted octanol–water partition coefficient (Wildman–Crippen LogP) is 1.91. The van der Waals surface area contributed by atoms with Crippen LogP contribution in [0.15, 0.2) is 30.3 Å². The van der Waals surface area contributed by atoms with Crippen LogP contribution >= 0.6 is 0 Å². The summed E-state index contributed by atoms with van der Waals surface area (Å²) in [5.41, 5.74) is 0. The van der Waals surface area contributed by atoms with Gasteiger partial charge in [0.1, 0.15) is 5.75 Å². The number of rotatable bonds is 7. The Kier molecular flexibility index (Phi) is 5.87. The van der Waals surface area contributed by atoms with Gasteiger partial charge >= 0.3 is 0 Å². The SMILES string of the molecule is CN1CCC(CNC(=O)CCCOc2ccccc2)C1. The molecular weight excluding hydrogens is 252 g/mol. The number of carbonyl (C=O) groups is 1. The first kappa shape index (κ1) is 14.9. The average molecular weight is 276 g/mol. The number of nitrogens with zero attached hydrogens (tertiary/aromatic N) is 1. The summed E-state index contributed by atoms with van der Waals surface area (Å²) in [4.78, 5) is 14.0. The molecule has 20 heavy (non-hydrogen) atoms. The zero-order valence-corrected chi connectivity index (χ0v) is 12.2. The smallest absolute Gasteiger partial charge is 0.220 e. The second kappa shape index (κ2) is 7.90. The van der Waals surface area contributed by atoms with Gasteiger partial charge in [-0.05, 0) is 44.5 Å². The Morgan fingerprint density at radius 1 is 1.40 bits per heavy atom. The van der Waals surface area contributed by atoms with E-state index in [9.17, 15) is 4.79 Å². The number of hydrogen-bond donors (Lipinski definition) is 1. The van der Waals surface area contributed by atoms with Crippen LogP contribution < -0.4 is 10.1 Å². The molecule has 1 heterocycles. The van der Waals surface area contributed by atoms with Gasteiger partial charge in [-0.15, -0.1) is 0 Å². The van der Waals surface area contributed by atoms with E-state index < -0.39 is 0 Å². The van der Waals surface area contributed by atoms with Crippen molar-refractivity contribution in [3.8, 4) is 5.75 Å². The third-order valence-corrected chi connectivity index (χ3v) is 3.64. The summed E-state index contributed by atoms with van der Waals surface area (Å²) >= 11 is 0. The molecule has 1 aromatic rings. The predicted molar refractivity (Wildman–Crippen MR) is 79.8 cm³/mol. The van der Waals surface area contributed by atoms with Gasteiger partial charge in [0.15, 0.2) is 0 Å². The van der Waals surface area contributed by atoms with Crippen molar-refractivity contribution in [2.75, 3.05) is 33.3 Å². The van der Waals surface area contributed by atoms with E-state index in [1.54, 1.807) is 0 Å². The zero-order valence-electron chi connectivity index (χ0n) is 12.2. The summed E-state index contributed by atoms with van der Waals surface area (Å²) in [6, 6.07) is 9.70. The molecule has 0 spiro atoms. The quantitative estimate of drug-likeness (QED) is 0.774. The van der Waals surface area contributed by atoms with Crippen LogP contribution in [0.4, 0.5) is 0 Å². The van der Waals surface area contributed by atoms with Crippen molar-refractivity contribution >= 4 is 5.91 Å². The molecule has 0 radical (unpaired) electrons. The Morgan fingerprint density at radius 2 is 2.20 bits per heavy atom. The number of hydrogen-bond acceptors (Lipinski definition) is 3. The molecule has 1 N–H and O–H groups in total. The van der Waals surface area contributed by atoms with Gasteiger partial charge in [-0.2, -0.15) is 0 Å². The van der Waals surface area contributed by atoms with Crippen LogP contribution in [0.25, 0.3) is 0 Å². The maximum atomic E-state index is 11.7. The molecule has 1 unspecified atom stereocenters. The van der Waals surface area contributed by atoms with E-state index in [0.29, 0.717) is 18.9 Å². The molecule has 1 amide bonds. The van der Waals surface area contributed by atoms with Gasteiger partial charge in [-0.25, -0.2) is 0 Å². The van der Waals surface area contributed by atoms with Crippen LogP contribution in [0.2, 0.25) is 0 Å². The van der Waals surface area contributed by atoms with Crippen molar-refractivity contribution in [2.45, 2.75) is 19.3 Å². The lowest BCUT2D eigenvalue weighted by molar-refractivity contribution is -0.121. The number of carbonyl (C=O) groups excluding carboxylic acids is 1. The summed E-state index contributed by atoms with van der Waals surface area (Å²) < 4.78 is 5.56. The first-order chi connectivity index (χ1) is 9.74. The highest BCUT2D eigenvalue weighted by molar-refractivity contribution is 5.75. The van der Waals surface area contributed by atoms with E-state index in [2.05, 4.69) is 17.3 Å². The average Bonchev–Trinajstić information content (AvgIpc) is 2.88. The van der Waals surface area contributed by atoms with Gasteiger partial charge in [-0.1, -0.05) is 18.2 Å². The Bertz CT molecular complexity index is 408. The lowest BCUT2D eigenvalue weighted by atomic mass is 10.1. The summed E-state index contributed by atoms with van der Waals surface area (Å²) in [7, 11) is 2.13. The summed E-state index contributed by atoms with van der Waals surface area (Å²) in [5, 5.41) is 3.02. The molecule has 110 valence electrons. The lowest BCUT2D eigenvalue weighted by Crippen LogP contribution is -2.30. The van der Waals surface area contributed by atoms with Crippen molar-refractivity contribution < 1.29 is 9.53 Å². The fourth-order valence-electron chi connectivity index (χ4n) is 2.48. The number of benzene rings is 1. The molecule has 1 aliphatic rings. The number of ether oxygens (including phenoxy) is 1. The number of likely N-dealkylation sites (tertiary alicyclic amines) is 1. The summed E-state index contributed by atoms with van der Waals surface area (Å²) in [6.45, 7) is 3.63. The topological polar surface area (TPSA) is 41.6 Å². The van der Waals surface area contributed by atoms with E-state index in [-0.39, 0.29) is 5.91 Å². The molecule has 1 aromatic carbocycles. The molecule has 1 saturated heterocycles. The highest BCUT2D eigenvalue weighted by Gasteiger charge is 2.19. The maximum Gasteiger partial charge on any atom is 0.220 e. The van der Waals surface area contributed by atoms with Crippen molar-refractivity contribution in [1.29, 1.82) is 0 Å². The minimum Gasteiger partial charge on any atom is -0.494 e. The van der Waals surface area contributed by atoms with E-state index >= 15 is 0 Å². The molecule has 0 saturated carbocycles. The van der Waals surface area contributed by atoms with Crippen molar-refractivity contribution in [2.24, 2.45) is 5.92 Å². The normalized spacial score (nSPS) is 18.9. The number of nitrogens with one attached hydrogen (secondary N) is 1. The highest BCUT2D eigenvalue weighted by Crippen LogP contribution is 2.13. The Balaban J connectivity index is 1.52. The van der Waals surface area contributed by atoms with Crippen molar-refractivity contribution in [3.05, 3.63) is 30.3 Å². The van der Waals surface area contributed by atoms with Gasteiger partial charge in [-0.3, -0.25) is 4.79 Å². The molecule has 2 rings (SSSR count). The van der Waals surface area contributed by atoms with Crippen LogP contribution in [-0.2, 0) is 4.79 Å². The van der Waals surface area contributed by atoms with Gasteiger partial charge in [0, 0.05) is 19.5 Å². The van der Waals surface area contributed by atoms with E-state index in [1.807, 2.05) is 30.3 Å². The van der Waals surface area contributed by atoms with Crippen LogP contribution in [0.3, 0.4) is 0 Å². The van der Waals surface area contributed by atoms with E-state index in [1.165, 1.54) is 6.42 Å². The van der Waals surface area contributed by atoms with Crippen molar-refractivity contribution in [3.63, 3.8) is 0 Å². The second-order valence-corrected chi connectivity index (χ2v) is 5.49. The number of amides is 1. The Hall–Kier alpha value is -1.55. The Labute approximate surface area is 121 Å². The molecule has 1 aliphatic heterocycles. The molecule has 4 nitrogen and oxygen atoms in total. The van der Waals surface area contributed by atoms with Gasteiger partial charge < -0.3 is 15.0 Å². The molecule has 0 aromatic heterocycles. The summed E-state index contributed by atoms with van der Waals surface area (Å²) in [5.74, 6) is 1.61. The fraction of sp³-hybridized carbons (Fsp3) is 0.562. The molecule has 0 aliphatic carbocycles. The van der Waals surface area contributed by atoms with Crippen molar-refractivity contribution in [1.82, 2.24) is 10.2 Å². The molecule has 1 fully saturated rings. The molecule has 0 bridgehead atoms. The monoisotopic (exact) mass is 276 g/mol. The summed E-state index contributed by atoms with van der Waals surface area (Å²) in [6.07, 6.45) is 2.48.